The molecule has 2 amide bonds. The van der Waals surface area contributed by atoms with Gasteiger partial charge in [-0.2, -0.15) is 0 Å². The summed E-state index contributed by atoms with van der Waals surface area (Å²) < 4.78 is 1.78. The molecule has 0 radical (unpaired) electrons. The van der Waals surface area contributed by atoms with Gasteiger partial charge in [0.05, 0.1) is 0 Å². The maximum Gasteiger partial charge on any atom is 0.274 e. The summed E-state index contributed by atoms with van der Waals surface area (Å²) in [5.41, 5.74) is 1.80. The van der Waals surface area contributed by atoms with Crippen LogP contribution in [0.1, 0.15) is 93.6 Å². The molecule has 0 saturated heterocycles. The summed E-state index contributed by atoms with van der Waals surface area (Å²) in [4.78, 5) is 35.4. The first-order valence-electron chi connectivity index (χ1n) is 14.2. The van der Waals surface area contributed by atoms with E-state index in [4.69, 9.17) is 0 Å². The van der Waals surface area contributed by atoms with Crippen LogP contribution in [0, 0.1) is 17.3 Å². The lowest BCUT2D eigenvalue weighted by Crippen LogP contribution is -2.45. The van der Waals surface area contributed by atoms with Crippen LogP contribution in [0.3, 0.4) is 0 Å². The number of pyridine rings is 1. The predicted molar refractivity (Wildman–Crippen MR) is 144 cm³/mol. The number of hydrogen-bond donors (Lipinski definition) is 1. The van der Waals surface area contributed by atoms with Gasteiger partial charge in [-0.25, -0.2) is 4.98 Å². The SMILES string of the molecule is CCC1CC2CCCC(CNC(=O)c3cccc4nc(C(=O)N(CC)CCN(CC)CC)cn34)(C1)C2. The Balaban J connectivity index is 1.47. The Bertz CT molecular complexity index is 1050. The summed E-state index contributed by atoms with van der Waals surface area (Å²) in [7, 11) is 0. The highest BCUT2D eigenvalue weighted by Gasteiger charge is 2.42. The Morgan fingerprint density at radius 1 is 1.11 bits per heavy atom. The quantitative estimate of drug-likeness (QED) is 0.483. The highest BCUT2D eigenvalue weighted by molar-refractivity contribution is 5.95. The molecule has 2 aromatic rings. The second-order valence-electron chi connectivity index (χ2n) is 11.0. The van der Waals surface area contributed by atoms with Crippen LogP contribution >= 0.6 is 0 Å². The third-order valence-corrected chi connectivity index (χ3v) is 8.82. The Morgan fingerprint density at radius 3 is 2.64 bits per heavy atom. The molecule has 2 aliphatic rings. The minimum absolute atomic E-state index is 0.0824. The third-order valence-electron chi connectivity index (χ3n) is 8.82. The molecule has 36 heavy (non-hydrogen) atoms. The first-order valence-corrected chi connectivity index (χ1v) is 14.2. The van der Waals surface area contributed by atoms with E-state index >= 15 is 0 Å². The van der Waals surface area contributed by atoms with Crippen LogP contribution in [0.2, 0.25) is 0 Å². The van der Waals surface area contributed by atoms with Crippen molar-refractivity contribution < 1.29 is 9.59 Å². The van der Waals surface area contributed by atoms with Crippen molar-refractivity contribution in [3.8, 4) is 0 Å². The number of amides is 2. The zero-order valence-corrected chi connectivity index (χ0v) is 22.8. The minimum Gasteiger partial charge on any atom is -0.350 e. The third kappa shape index (κ3) is 5.77. The Kier molecular flexibility index (Phi) is 8.70. The van der Waals surface area contributed by atoms with Crippen molar-refractivity contribution in [1.29, 1.82) is 0 Å². The smallest absolute Gasteiger partial charge is 0.274 e. The Morgan fingerprint density at radius 2 is 1.92 bits per heavy atom. The van der Waals surface area contributed by atoms with Crippen LogP contribution in [0.4, 0.5) is 0 Å². The second kappa shape index (κ2) is 11.8. The van der Waals surface area contributed by atoms with Crippen molar-refractivity contribution in [3.05, 3.63) is 35.8 Å². The van der Waals surface area contributed by atoms with Crippen LogP contribution in [-0.4, -0.2) is 70.3 Å². The molecule has 0 aromatic carbocycles. The van der Waals surface area contributed by atoms with Crippen molar-refractivity contribution in [2.45, 2.75) is 72.6 Å². The van der Waals surface area contributed by atoms with Gasteiger partial charge in [-0.15, -0.1) is 0 Å². The highest BCUT2D eigenvalue weighted by Crippen LogP contribution is 2.51. The summed E-state index contributed by atoms with van der Waals surface area (Å²) in [6.45, 7) is 13.4. The van der Waals surface area contributed by atoms with Gasteiger partial charge in [0.25, 0.3) is 11.8 Å². The van der Waals surface area contributed by atoms with Crippen LogP contribution in [0.5, 0.6) is 0 Å². The number of likely N-dealkylation sites (N-methyl/N-ethyl adjacent to an activating group) is 2. The number of imidazole rings is 1. The molecule has 2 aliphatic carbocycles. The van der Waals surface area contributed by atoms with Gasteiger partial charge in [-0.1, -0.05) is 46.1 Å². The van der Waals surface area contributed by atoms with Gasteiger partial charge in [-0.05, 0) is 75.1 Å². The van der Waals surface area contributed by atoms with Crippen LogP contribution in [-0.2, 0) is 0 Å². The average molecular weight is 496 g/mol. The molecule has 2 saturated carbocycles. The lowest BCUT2D eigenvalue weighted by atomic mass is 9.58. The highest BCUT2D eigenvalue weighted by atomic mass is 16.2. The van der Waals surface area contributed by atoms with E-state index in [1.807, 2.05) is 30.0 Å². The number of fused-ring (bicyclic) bond motifs is 3. The molecule has 2 bridgehead atoms. The fraction of sp³-hybridized carbons (Fsp3) is 0.690. The summed E-state index contributed by atoms with van der Waals surface area (Å²) in [6.07, 6.45) is 10.7. The van der Waals surface area contributed by atoms with Crippen LogP contribution < -0.4 is 5.32 Å². The van der Waals surface area contributed by atoms with E-state index in [1.165, 1.54) is 44.9 Å². The van der Waals surface area contributed by atoms with E-state index in [0.29, 0.717) is 30.1 Å². The minimum atomic E-state index is -0.0836. The number of rotatable bonds is 11. The van der Waals surface area contributed by atoms with E-state index in [2.05, 4.69) is 36.0 Å². The Labute approximate surface area is 216 Å². The van der Waals surface area contributed by atoms with Crippen molar-refractivity contribution in [2.75, 3.05) is 39.3 Å². The lowest BCUT2D eigenvalue weighted by Gasteiger charge is -2.48. The predicted octanol–water partition coefficient (Wildman–Crippen LogP) is 4.86. The maximum atomic E-state index is 13.4. The van der Waals surface area contributed by atoms with E-state index in [9.17, 15) is 9.59 Å². The zero-order chi connectivity index (χ0) is 25.7. The Hall–Kier alpha value is -2.41. The fourth-order valence-corrected chi connectivity index (χ4v) is 6.70. The summed E-state index contributed by atoms with van der Waals surface area (Å²) in [6, 6.07) is 5.54. The summed E-state index contributed by atoms with van der Waals surface area (Å²) >= 11 is 0. The van der Waals surface area contributed by atoms with Gasteiger partial charge in [0.2, 0.25) is 0 Å². The second-order valence-corrected chi connectivity index (χ2v) is 11.0. The largest absolute Gasteiger partial charge is 0.350 e. The molecule has 3 atom stereocenters. The van der Waals surface area contributed by atoms with E-state index < -0.39 is 0 Å². The topological polar surface area (TPSA) is 70.0 Å². The molecule has 4 rings (SSSR count). The molecular weight excluding hydrogens is 450 g/mol. The molecule has 1 N–H and O–H groups in total. The summed E-state index contributed by atoms with van der Waals surface area (Å²) in [5, 5.41) is 3.28. The van der Waals surface area contributed by atoms with Crippen molar-refractivity contribution >= 4 is 17.5 Å². The molecular formula is C29H45N5O2. The number of nitrogens with zero attached hydrogens (tertiary/aromatic N) is 4. The molecule has 7 nitrogen and oxygen atoms in total. The maximum absolute atomic E-state index is 13.4. The van der Waals surface area contributed by atoms with Crippen molar-refractivity contribution in [3.63, 3.8) is 0 Å². The number of aromatic nitrogens is 2. The van der Waals surface area contributed by atoms with Crippen LogP contribution in [0.15, 0.2) is 24.4 Å². The summed E-state index contributed by atoms with van der Waals surface area (Å²) in [5.74, 6) is 1.44. The lowest BCUT2D eigenvalue weighted by molar-refractivity contribution is 0.0368. The van der Waals surface area contributed by atoms with Gasteiger partial charge in [0, 0.05) is 32.4 Å². The standard InChI is InChI=1S/C29H45N5O2/c1-5-22-17-23-11-10-14-29(18-22,19-23)21-30-27(35)25-12-9-13-26-31-24(20-34(25)26)28(36)33(8-4)16-15-32(6-2)7-3/h9,12-13,20,22-23H,5-8,10-11,14-19,21H2,1-4H3,(H,30,35). The molecule has 0 aliphatic heterocycles. The number of hydrogen-bond acceptors (Lipinski definition) is 4. The fourth-order valence-electron chi connectivity index (χ4n) is 6.70. The molecule has 2 heterocycles. The number of nitrogens with one attached hydrogen (secondary N) is 1. The van der Waals surface area contributed by atoms with Gasteiger partial charge in [-0.3, -0.25) is 14.0 Å². The molecule has 7 heteroatoms. The molecule has 3 unspecified atom stereocenters. The van der Waals surface area contributed by atoms with Crippen molar-refractivity contribution in [2.24, 2.45) is 17.3 Å². The first-order chi connectivity index (χ1) is 17.4. The monoisotopic (exact) mass is 495 g/mol. The van der Waals surface area contributed by atoms with Crippen molar-refractivity contribution in [1.82, 2.24) is 24.5 Å². The van der Waals surface area contributed by atoms with Gasteiger partial charge >= 0.3 is 0 Å². The molecule has 2 aromatic heterocycles. The van der Waals surface area contributed by atoms with Gasteiger partial charge in [0.15, 0.2) is 0 Å². The molecule has 2 fully saturated rings. The zero-order valence-electron chi connectivity index (χ0n) is 22.8. The average Bonchev–Trinajstić information content (AvgIpc) is 3.34. The van der Waals surface area contributed by atoms with E-state index in [-0.39, 0.29) is 17.2 Å². The van der Waals surface area contributed by atoms with Crippen LogP contribution in [0.25, 0.3) is 5.65 Å². The number of carbonyl (C=O) groups is 2. The van der Waals surface area contributed by atoms with E-state index in [0.717, 1.165) is 38.0 Å². The molecule has 0 spiro atoms. The normalized spacial score (nSPS) is 23.7. The van der Waals surface area contributed by atoms with Gasteiger partial charge < -0.3 is 15.1 Å². The first kappa shape index (κ1) is 26.6. The molecule has 198 valence electrons. The van der Waals surface area contributed by atoms with Gasteiger partial charge in [0.1, 0.15) is 17.0 Å². The van der Waals surface area contributed by atoms with E-state index in [1.54, 1.807) is 10.6 Å². The number of carbonyl (C=O) groups excluding carboxylic acids is 2.